The van der Waals surface area contributed by atoms with E-state index in [0.717, 1.165) is 0 Å². The molecule has 10 nitrogen and oxygen atoms in total. The number of aliphatic carboxylic acids is 1. The molecule has 11 heteroatoms. The Bertz CT molecular complexity index is 848. The highest BCUT2D eigenvalue weighted by Gasteiger charge is 2.32. The minimum absolute atomic E-state index is 0.0110. The van der Waals surface area contributed by atoms with Crippen molar-refractivity contribution < 1.29 is 29.4 Å². The second-order valence-electron chi connectivity index (χ2n) is 8.66. The number of amides is 3. The molecule has 0 saturated carbocycles. The number of benzene rings is 1. The van der Waals surface area contributed by atoms with Crippen molar-refractivity contribution in [2.24, 2.45) is 17.6 Å². The van der Waals surface area contributed by atoms with Gasteiger partial charge >= 0.3 is 5.97 Å². The number of hydrogen-bond acceptors (Lipinski definition) is 7. The van der Waals surface area contributed by atoms with Gasteiger partial charge in [0.15, 0.2) is 0 Å². The van der Waals surface area contributed by atoms with E-state index >= 15 is 0 Å². The fourth-order valence-electron chi connectivity index (χ4n) is 3.09. The molecule has 0 fully saturated rings. The maximum Gasteiger partial charge on any atom is 0.326 e. The Labute approximate surface area is 205 Å². The van der Waals surface area contributed by atoms with Crippen LogP contribution in [0.25, 0.3) is 0 Å². The fraction of sp³-hybridized carbons (Fsp3) is 0.565. The van der Waals surface area contributed by atoms with Crippen molar-refractivity contribution in [3.05, 3.63) is 29.8 Å². The lowest BCUT2D eigenvalue weighted by atomic mass is 9.99. The third kappa shape index (κ3) is 8.86. The molecule has 0 heterocycles. The van der Waals surface area contributed by atoms with E-state index in [4.69, 9.17) is 5.73 Å². The number of phenols is 1. The Morgan fingerprint density at radius 2 is 1.50 bits per heavy atom. The van der Waals surface area contributed by atoms with E-state index in [0.29, 0.717) is 12.0 Å². The molecule has 34 heavy (non-hydrogen) atoms. The van der Waals surface area contributed by atoms with Gasteiger partial charge in [-0.1, -0.05) is 46.2 Å². The van der Waals surface area contributed by atoms with E-state index in [1.807, 2.05) is 13.8 Å². The zero-order valence-electron chi connectivity index (χ0n) is 19.9. The lowest BCUT2D eigenvalue weighted by Crippen LogP contribution is -2.59. The normalized spacial score (nSPS) is 15.5. The number of carboxylic acid groups (broad SMARTS) is 1. The molecule has 0 spiro atoms. The Morgan fingerprint density at radius 3 is 1.97 bits per heavy atom. The van der Waals surface area contributed by atoms with Crippen LogP contribution in [0.15, 0.2) is 24.3 Å². The first-order valence-corrected chi connectivity index (χ1v) is 11.8. The third-order valence-corrected chi connectivity index (χ3v) is 5.98. The Hall–Kier alpha value is -2.79. The quantitative estimate of drug-likeness (QED) is 0.194. The molecular formula is C23H36N4O6S. The van der Waals surface area contributed by atoms with Crippen molar-refractivity contribution in [1.82, 2.24) is 16.0 Å². The summed E-state index contributed by atoms with van der Waals surface area (Å²) in [6.07, 6.45) is 0.680. The van der Waals surface area contributed by atoms with Crippen molar-refractivity contribution in [3.63, 3.8) is 0 Å². The second-order valence-corrected chi connectivity index (χ2v) is 9.02. The summed E-state index contributed by atoms with van der Waals surface area (Å²) in [4.78, 5) is 49.8. The van der Waals surface area contributed by atoms with Crippen LogP contribution in [-0.4, -0.2) is 63.8 Å². The first-order valence-electron chi connectivity index (χ1n) is 11.2. The molecule has 0 aliphatic carbocycles. The van der Waals surface area contributed by atoms with Gasteiger partial charge in [-0.3, -0.25) is 14.4 Å². The molecule has 0 aromatic heterocycles. The predicted octanol–water partition coefficient (Wildman–Crippen LogP) is 0.433. The van der Waals surface area contributed by atoms with Crippen molar-refractivity contribution in [1.29, 1.82) is 0 Å². The zero-order valence-corrected chi connectivity index (χ0v) is 20.8. The van der Waals surface area contributed by atoms with Gasteiger partial charge in [0.1, 0.15) is 23.9 Å². The summed E-state index contributed by atoms with van der Waals surface area (Å²) >= 11 is 4.13. The summed E-state index contributed by atoms with van der Waals surface area (Å²) in [5, 5.41) is 26.6. The largest absolute Gasteiger partial charge is 0.508 e. The topological polar surface area (TPSA) is 171 Å². The van der Waals surface area contributed by atoms with Crippen LogP contribution in [0.2, 0.25) is 0 Å². The molecule has 0 bridgehead atoms. The molecule has 0 aliphatic rings. The number of carbonyl (C=O) groups excluding carboxylic acids is 3. The highest BCUT2D eigenvalue weighted by atomic mass is 32.1. The first-order chi connectivity index (χ1) is 15.9. The van der Waals surface area contributed by atoms with Gasteiger partial charge < -0.3 is 31.9 Å². The van der Waals surface area contributed by atoms with Crippen LogP contribution in [0, 0.1) is 11.8 Å². The van der Waals surface area contributed by atoms with E-state index in [-0.39, 0.29) is 29.8 Å². The number of thiol groups is 1. The number of phenolic OH excluding ortho intramolecular Hbond substituents is 1. The second kappa shape index (κ2) is 13.8. The van der Waals surface area contributed by atoms with E-state index in [1.165, 1.54) is 12.1 Å². The summed E-state index contributed by atoms with van der Waals surface area (Å²) in [7, 11) is 0. The highest BCUT2D eigenvalue weighted by molar-refractivity contribution is 7.80. The molecule has 5 atom stereocenters. The zero-order chi connectivity index (χ0) is 26.0. The number of nitrogens with one attached hydrogen (secondary N) is 3. The van der Waals surface area contributed by atoms with Crippen LogP contribution in [0.1, 0.15) is 39.7 Å². The monoisotopic (exact) mass is 496 g/mol. The molecule has 1 aromatic rings. The minimum Gasteiger partial charge on any atom is -0.508 e. The highest BCUT2D eigenvalue weighted by Crippen LogP contribution is 2.12. The smallest absolute Gasteiger partial charge is 0.326 e. The minimum atomic E-state index is -1.25. The first kappa shape index (κ1) is 29.2. The SMILES string of the molecule is CCC(C)C(N)C(=O)NC(CS)C(=O)NC(C(=O)NC(Cc1ccc(O)cc1)C(=O)O)C(C)C. The summed E-state index contributed by atoms with van der Waals surface area (Å²) in [5.41, 5.74) is 6.53. The number of carboxylic acids is 1. The van der Waals surface area contributed by atoms with E-state index in [9.17, 15) is 29.4 Å². The van der Waals surface area contributed by atoms with Crippen LogP contribution < -0.4 is 21.7 Å². The Morgan fingerprint density at radius 1 is 0.941 bits per heavy atom. The standard InChI is InChI=1S/C23H36N4O6S/c1-5-13(4)18(24)21(30)26-17(11-34)20(29)27-19(12(2)3)22(31)25-16(23(32)33)10-14-6-8-15(28)9-7-14/h6-9,12-13,16-19,28,34H,5,10-11,24H2,1-4H3,(H,25,31)(H,26,30)(H,27,29)(H,32,33). The summed E-state index contributed by atoms with van der Waals surface area (Å²) < 4.78 is 0. The van der Waals surface area contributed by atoms with Crippen molar-refractivity contribution in [2.45, 2.75) is 64.7 Å². The van der Waals surface area contributed by atoms with Crippen molar-refractivity contribution in [2.75, 3.05) is 5.75 Å². The molecule has 3 amide bonds. The van der Waals surface area contributed by atoms with Gasteiger partial charge in [0.25, 0.3) is 0 Å². The summed E-state index contributed by atoms with van der Waals surface area (Å²) in [5.74, 6) is -3.46. The van der Waals surface area contributed by atoms with Gasteiger partial charge in [0, 0.05) is 12.2 Å². The number of hydrogen-bond donors (Lipinski definition) is 7. The Balaban J connectivity index is 2.88. The van der Waals surface area contributed by atoms with Gasteiger partial charge in [-0.05, 0) is 29.5 Å². The molecular weight excluding hydrogens is 460 g/mol. The number of aromatic hydroxyl groups is 1. The average Bonchev–Trinajstić information content (AvgIpc) is 2.79. The molecule has 1 rings (SSSR count). The van der Waals surface area contributed by atoms with Crippen molar-refractivity contribution >= 4 is 36.3 Å². The molecule has 0 aliphatic heterocycles. The van der Waals surface area contributed by atoms with Gasteiger partial charge in [0.2, 0.25) is 17.7 Å². The maximum atomic E-state index is 12.9. The molecule has 1 aromatic carbocycles. The van der Waals surface area contributed by atoms with Crippen molar-refractivity contribution in [3.8, 4) is 5.75 Å². The number of nitrogens with two attached hydrogens (primary N) is 1. The van der Waals surface area contributed by atoms with E-state index in [2.05, 4.69) is 28.6 Å². The number of carbonyl (C=O) groups is 4. The molecule has 0 saturated heterocycles. The summed E-state index contributed by atoms with van der Waals surface area (Å²) in [6, 6.07) is 1.86. The molecule has 5 unspecified atom stereocenters. The lowest BCUT2D eigenvalue weighted by molar-refractivity contribution is -0.142. The lowest BCUT2D eigenvalue weighted by Gasteiger charge is -2.27. The maximum absolute atomic E-state index is 12.9. The van der Waals surface area contributed by atoms with Crippen LogP contribution in [-0.2, 0) is 25.6 Å². The molecule has 7 N–H and O–H groups in total. The van der Waals surface area contributed by atoms with Crippen LogP contribution in [0.5, 0.6) is 5.75 Å². The predicted molar refractivity (Wildman–Crippen MR) is 131 cm³/mol. The van der Waals surface area contributed by atoms with Crippen LogP contribution in [0.3, 0.4) is 0 Å². The van der Waals surface area contributed by atoms with Crippen LogP contribution >= 0.6 is 12.6 Å². The number of rotatable bonds is 13. The van der Waals surface area contributed by atoms with Crippen LogP contribution in [0.4, 0.5) is 0 Å². The third-order valence-electron chi connectivity index (χ3n) is 5.61. The molecule has 190 valence electrons. The van der Waals surface area contributed by atoms with Gasteiger partial charge in [-0.2, -0.15) is 12.6 Å². The Kier molecular flexibility index (Phi) is 11.9. The van der Waals surface area contributed by atoms with E-state index < -0.39 is 47.9 Å². The van der Waals surface area contributed by atoms with Gasteiger partial charge in [-0.25, -0.2) is 4.79 Å². The average molecular weight is 497 g/mol. The summed E-state index contributed by atoms with van der Waals surface area (Å²) in [6.45, 7) is 7.13. The van der Waals surface area contributed by atoms with Gasteiger partial charge in [-0.15, -0.1) is 0 Å². The fourth-order valence-corrected chi connectivity index (χ4v) is 3.35. The van der Waals surface area contributed by atoms with E-state index in [1.54, 1.807) is 26.0 Å². The molecule has 0 radical (unpaired) electrons. The van der Waals surface area contributed by atoms with Gasteiger partial charge in [0.05, 0.1) is 6.04 Å².